The molecule has 2 rings (SSSR count). The van der Waals surface area contributed by atoms with Gasteiger partial charge in [-0.2, -0.15) is 0 Å². The third kappa shape index (κ3) is 4.63. The summed E-state index contributed by atoms with van der Waals surface area (Å²) in [6, 6.07) is 7.64. The minimum Gasteiger partial charge on any atom is -0.497 e. The summed E-state index contributed by atoms with van der Waals surface area (Å²) in [5.74, 6) is 0.755. The molecule has 1 aromatic heterocycles. The van der Waals surface area contributed by atoms with Gasteiger partial charge >= 0.3 is 5.97 Å². The van der Waals surface area contributed by atoms with Gasteiger partial charge in [0.2, 0.25) is 0 Å². The van der Waals surface area contributed by atoms with Gasteiger partial charge in [-0.1, -0.05) is 6.42 Å². The van der Waals surface area contributed by atoms with E-state index in [0.29, 0.717) is 12.3 Å². The Kier molecular flexibility index (Phi) is 5.37. The maximum absolute atomic E-state index is 10.4. The van der Waals surface area contributed by atoms with Crippen LogP contribution < -0.4 is 4.74 Å². The molecule has 0 aliphatic rings. The summed E-state index contributed by atoms with van der Waals surface area (Å²) in [6.45, 7) is 0. The van der Waals surface area contributed by atoms with Crippen molar-refractivity contribution in [2.24, 2.45) is 0 Å². The van der Waals surface area contributed by atoms with Gasteiger partial charge < -0.3 is 14.3 Å². The number of methoxy groups -OCH3 is 1. The number of ether oxygens (including phenoxy) is 1. The van der Waals surface area contributed by atoms with E-state index < -0.39 is 5.97 Å². The predicted octanol–water partition coefficient (Wildman–Crippen LogP) is 3.54. The van der Waals surface area contributed by atoms with Crippen LogP contribution in [0.25, 0.3) is 11.3 Å². The number of hydrogen-bond donors (Lipinski definition) is 1. The second kappa shape index (κ2) is 7.47. The van der Waals surface area contributed by atoms with Gasteiger partial charge in [-0.15, -0.1) is 0 Å². The van der Waals surface area contributed by atoms with E-state index in [1.807, 2.05) is 24.3 Å². The number of carbonyl (C=O) groups is 1. The highest BCUT2D eigenvalue weighted by atomic mass is 16.5. The van der Waals surface area contributed by atoms with E-state index in [-0.39, 0.29) is 6.42 Å². The highest BCUT2D eigenvalue weighted by Gasteiger charge is 2.06. The van der Waals surface area contributed by atoms with Gasteiger partial charge in [-0.25, -0.2) is 4.98 Å². The molecular formula is C16H19NO4. The van der Waals surface area contributed by atoms with Crippen LogP contribution in [0.2, 0.25) is 0 Å². The number of aromatic nitrogens is 1. The first-order valence-corrected chi connectivity index (χ1v) is 6.99. The van der Waals surface area contributed by atoms with E-state index in [1.54, 1.807) is 13.4 Å². The van der Waals surface area contributed by atoms with Gasteiger partial charge in [-0.05, 0) is 37.1 Å². The Morgan fingerprint density at radius 2 is 2.00 bits per heavy atom. The SMILES string of the molecule is COc1ccc(-c2coc(CCCCCC(=O)O)n2)cc1. The van der Waals surface area contributed by atoms with Gasteiger partial charge in [0, 0.05) is 18.4 Å². The van der Waals surface area contributed by atoms with E-state index >= 15 is 0 Å². The van der Waals surface area contributed by atoms with Crippen LogP contribution >= 0.6 is 0 Å². The first kappa shape index (κ1) is 15.1. The van der Waals surface area contributed by atoms with Gasteiger partial charge in [0.25, 0.3) is 0 Å². The van der Waals surface area contributed by atoms with Gasteiger partial charge in [0.15, 0.2) is 5.89 Å². The number of unbranched alkanes of at least 4 members (excludes halogenated alkanes) is 2. The average molecular weight is 289 g/mol. The van der Waals surface area contributed by atoms with Crippen LogP contribution in [0.1, 0.15) is 31.6 Å². The summed E-state index contributed by atoms with van der Waals surface area (Å²) in [7, 11) is 1.63. The first-order chi connectivity index (χ1) is 10.2. The number of benzene rings is 1. The first-order valence-electron chi connectivity index (χ1n) is 6.99. The average Bonchev–Trinajstić information content (AvgIpc) is 2.95. The Morgan fingerprint density at radius 1 is 1.24 bits per heavy atom. The molecule has 0 amide bonds. The lowest BCUT2D eigenvalue weighted by atomic mass is 10.1. The van der Waals surface area contributed by atoms with Crippen molar-refractivity contribution >= 4 is 5.97 Å². The molecule has 0 atom stereocenters. The Balaban J connectivity index is 1.84. The quantitative estimate of drug-likeness (QED) is 0.752. The molecule has 0 saturated carbocycles. The number of rotatable bonds is 8. The van der Waals surface area contributed by atoms with E-state index in [2.05, 4.69) is 4.98 Å². The monoisotopic (exact) mass is 289 g/mol. The van der Waals surface area contributed by atoms with E-state index in [0.717, 1.165) is 36.3 Å². The summed E-state index contributed by atoms with van der Waals surface area (Å²) in [5, 5.41) is 8.56. The van der Waals surface area contributed by atoms with Crippen LogP contribution in [0, 0.1) is 0 Å². The molecular weight excluding hydrogens is 270 g/mol. The van der Waals surface area contributed by atoms with Crippen LogP contribution in [0.15, 0.2) is 34.9 Å². The minimum atomic E-state index is -0.743. The summed E-state index contributed by atoms with van der Waals surface area (Å²) < 4.78 is 10.6. The summed E-state index contributed by atoms with van der Waals surface area (Å²) in [4.78, 5) is 14.8. The number of nitrogens with zero attached hydrogens (tertiary/aromatic N) is 1. The topological polar surface area (TPSA) is 72.6 Å². The standard InChI is InChI=1S/C16H19NO4/c1-20-13-9-7-12(8-10-13)14-11-21-15(17-14)5-3-2-4-6-16(18)19/h7-11H,2-6H2,1H3,(H,18,19). The fourth-order valence-corrected chi connectivity index (χ4v) is 2.05. The molecule has 2 aromatic rings. The normalized spacial score (nSPS) is 10.5. The van der Waals surface area contributed by atoms with Crippen molar-refractivity contribution in [3.05, 3.63) is 36.4 Å². The van der Waals surface area contributed by atoms with Crippen molar-refractivity contribution in [1.82, 2.24) is 4.98 Å². The van der Waals surface area contributed by atoms with Crippen molar-refractivity contribution in [3.8, 4) is 17.0 Å². The van der Waals surface area contributed by atoms with E-state index in [1.165, 1.54) is 0 Å². The molecule has 0 aliphatic carbocycles. The molecule has 1 aromatic carbocycles. The van der Waals surface area contributed by atoms with Crippen molar-refractivity contribution in [2.75, 3.05) is 7.11 Å². The zero-order chi connectivity index (χ0) is 15.1. The smallest absolute Gasteiger partial charge is 0.303 e. The second-order valence-electron chi connectivity index (χ2n) is 4.81. The Hall–Kier alpha value is -2.30. The summed E-state index contributed by atoms with van der Waals surface area (Å²) in [5.41, 5.74) is 1.79. The predicted molar refractivity (Wildman–Crippen MR) is 78.3 cm³/mol. The third-order valence-electron chi connectivity index (χ3n) is 3.22. The molecule has 21 heavy (non-hydrogen) atoms. The molecule has 0 radical (unpaired) electrons. The molecule has 0 bridgehead atoms. The highest BCUT2D eigenvalue weighted by molar-refractivity contribution is 5.66. The molecule has 112 valence electrons. The number of oxazole rings is 1. The Bertz CT molecular complexity index is 574. The molecule has 0 saturated heterocycles. The van der Waals surface area contributed by atoms with Gasteiger partial charge in [0.05, 0.1) is 7.11 Å². The maximum atomic E-state index is 10.4. The fraction of sp³-hybridized carbons (Fsp3) is 0.375. The lowest BCUT2D eigenvalue weighted by molar-refractivity contribution is -0.137. The maximum Gasteiger partial charge on any atom is 0.303 e. The summed E-state index contributed by atoms with van der Waals surface area (Å²) in [6.07, 6.45) is 5.05. The molecule has 0 fully saturated rings. The van der Waals surface area contributed by atoms with E-state index in [9.17, 15) is 4.79 Å². The molecule has 0 aliphatic heterocycles. The number of carboxylic acid groups (broad SMARTS) is 1. The third-order valence-corrected chi connectivity index (χ3v) is 3.22. The van der Waals surface area contributed by atoms with Gasteiger partial charge in [0.1, 0.15) is 17.7 Å². The zero-order valence-corrected chi connectivity index (χ0v) is 12.0. The Morgan fingerprint density at radius 3 is 2.67 bits per heavy atom. The van der Waals surface area contributed by atoms with Crippen molar-refractivity contribution in [1.29, 1.82) is 0 Å². The molecule has 5 nitrogen and oxygen atoms in total. The second-order valence-corrected chi connectivity index (χ2v) is 4.81. The lowest BCUT2D eigenvalue weighted by Gasteiger charge is -1.99. The van der Waals surface area contributed by atoms with Gasteiger partial charge in [-0.3, -0.25) is 4.79 Å². The molecule has 0 unspecified atom stereocenters. The fourth-order valence-electron chi connectivity index (χ4n) is 2.05. The van der Waals surface area contributed by atoms with Crippen LogP contribution in [-0.4, -0.2) is 23.2 Å². The Labute approximate surface area is 123 Å². The molecule has 5 heteroatoms. The number of hydrogen-bond acceptors (Lipinski definition) is 4. The van der Waals surface area contributed by atoms with Crippen LogP contribution in [0.3, 0.4) is 0 Å². The lowest BCUT2D eigenvalue weighted by Crippen LogP contribution is -1.94. The van der Waals surface area contributed by atoms with E-state index in [4.69, 9.17) is 14.3 Å². The molecule has 1 N–H and O–H groups in total. The summed E-state index contributed by atoms with van der Waals surface area (Å²) >= 11 is 0. The number of aryl methyl sites for hydroxylation is 1. The van der Waals surface area contributed by atoms with Crippen molar-refractivity contribution < 1.29 is 19.1 Å². The zero-order valence-electron chi connectivity index (χ0n) is 12.0. The van der Waals surface area contributed by atoms with Crippen LogP contribution in [0.5, 0.6) is 5.75 Å². The van der Waals surface area contributed by atoms with Crippen LogP contribution in [-0.2, 0) is 11.2 Å². The highest BCUT2D eigenvalue weighted by Crippen LogP contribution is 2.22. The minimum absolute atomic E-state index is 0.225. The van der Waals surface area contributed by atoms with Crippen molar-refractivity contribution in [3.63, 3.8) is 0 Å². The van der Waals surface area contributed by atoms with Crippen molar-refractivity contribution in [2.45, 2.75) is 32.1 Å². The van der Waals surface area contributed by atoms with Crippen LogP contribution in [0.4, 0.5) is 0 Å². The largest absolute Gasteiger partial charge is 0.497 e. The number of carboxylic acids is 1. The molecule has 0 spiro atoms. The molecule has 1 heterocycles. The number of aliphatic carboxylic acids is 1.